The molecule has 1 saturated carbocycles. The number of rotatable bonds is 9. The monoisotopic (exact) mass is 466 g/mol. The SMILES string of the molecule is COC(C)C(NC(=O)OCC1c2ccccc2-c2ccccc21)C(=O)NC1CC(CC(=O)O)C1. The van der Waals surface area contributed by atoms with Gasteiger partial charge in [0.1, 0.15) is 12.6 Å². The number of alkyl carbamates (subject to hydrolysis) is 1. The summed E-state index contributed by atoms with van der Waals surface area (Å²) in [7, 11) is 1.47. The first-order chi connectivity index (χ1) is 16.4. The maximum atomic E-state index is 12.8. The van der Waals surface area contributed by atoms with Gasteiger partial charge in [0.05, 0.1) is 6.10 Å². The number of hydrogen-bond acceptors (Lipinski definition) is 5. The molecule has 8 heteroatoms. The van der Waals surface area contributed by atoms with E-state index in [4.69, 9.17) is 14.6 Å². The van der Waals surface area contributed by atoms with Gasteiger partial charge < -0.3 is 25.2 Å². The van der Waals surface area contributed by atoms with Crippen LogP contribution in [0.3, 0.4) is 0 Å². The van der Waals surface area contributed by atoms with Crippen LogP contribution in [-0.4, -0.2) is 55.0 Å². The summed E-state index contributed by atoms with van der Waals surface area (Å²) < 4.78 is 10.9. The van der Waals surface area contributed by atoms with Crippen molar-refractivity contribution in [3.63, 3.8) is 0 Å². The number of carboxylic acid groups (broad SMARTS) is 1. The van der Waals surface area contributed by atoms with Gasteiger partial charge in [0, 0.05) is 25.5 Å². The van der Waals surface area contributed by atoms with Gasteiger partial charge in [0.15, 0.2) is 0 Å². The second-order valence-corrected chi connectivity index (χ2v) is 9.03. The zero-order valence-corrected chi connectivity index (χ0v) is 19.3. The number of fused-ring (bicyclic) bond motifs is 3. The van der Waals surface area contributed by atoms with E-state index in [1.54, 1.807) is 6.92 Å². The lowest BCUT2D eigenvalue weighted by atomic mass is 9.78. The highest BCUT2D eigenvalue weighted by molar-refractivity contribution is 5.86. The van der Waals surface area contributed by atoms with Crippen molar-refractivity contribution in [3.05, 3.63) is 59.7 Å². The molecule has 2 unspecified atom stereocenters. The fourth-order valence-electron chi connectivity index (χ4n) is 4.86. The topological polar surface area (TPSA) is 114 Å². The minimum Gasteiger partial charge on any atom is -0.481 e. The van der Waals surface area contributed by atoms with Crippen LogP contribution in [0.5, 0.6) is 0 Å². The Balaban J connectivity index is 1.35. The zero-order valence-electron chi connectivity index (χ0n) is 19.3. The highest BCUT2D eigenvalue weighted by atomic mass is 16.5. The molecule has 0 aliphatic heterocycles. The van der Waals surface area contributed by atoms with Gasteiger partial charge in [-0.25, -0.2) is 4.79 Å². The van der Waals surface area contributed by atoms with Crippen LogP contribution in [0.4, 0.5) is 4.79 Å². The summed E-state index contributed by atoms with van der Waals surface area (Å²) in [4.78, 5) is 36.3. The molecule has 180 valence electrons. The van der Waals surface area contributed by atoms with E-state index in [0.29, 0.717) is 12.8 Å². The number of carbonyl (C=O) groups excluding carboxylic acids is 2. The molecule has 4 rings (SSSR count). The van der Waals surface area contributed by atoms with Gasteiger partial charge in [-0.15, -0.1) is 0 Å². The van der Waals surface area contributed by atoms with Crippen molar-refractivity contribution in [2.75, 3.05) is 13.7 Å². The first-order valence-corrected chi connectivity index (χ1v) is 11.5. The van der Waals surface area contributed by atoms with Crippen LogP contribution >= 0.6 is 0 Å². The van der Waals surface area contributed by atoms with Crippen molar-refractivity contribution in [1.82, 2.24) is 10.6 Å². The Labute approximate surface area is 198 Å². The largest absolute Gasteiger partial charge is 0.481 e. The lowest BCUT2D eigenvalue weighted by Crippen LogP contribution is -2.57. The lowest BCUT2D eigenvalue weighted by Gasteiger charge is -2.36. The molecule has 2 atom stereocenters. The Morgan fingerprint density at radius 1 is 1.03 bits per heavy atom. The number of benzene rings is 2. The molecular weight excluding hydrogens is 436 g/mol. The maximum absolute atomic E-state index is 12.8. The van der Waals surface area contributed by atoms with Gasteiger partial charge in [-0.1, -0.05) is 48.5 Å². The van der Waals surface area contributed by atoms with Crippen LogP contribution in [0.15, 0.2) is 48.5 Å². The number of carbonyl (C=O) groups is 3. The average molecular weight is 467 g/mol. The van der Waals surface area contributed by atoms with E-state index in [9.17, 15) is 14.4 Å². The molecular formula is C26H30N2O6. The Kier molecular flexibility index (Phi) is 7.17. The number of aliphatic carboxylic acids is 1. The molecule has 0 radical (unpaired) electrons. The molecule has 2 aromatic rings. The third kappa shape index (κ3) is 5.07. The predicted octanol–water partition coefficient (Wildman–Crippen LogP) is 3.30. The fourth-order valence-corrected chi connectivity index (χ4v) is 4.86. The van der Waals surface area contributed by atoms with Gasteiger partial charge in [-0.3, -0.25) is 9.59 Å². The van der Waals surface area contributed by atoms with E-state index in [0.717, 1.165) is 22.3 Å². The van der Waals surface area contributed by atoms with Crippen LogP contribution in [0, 0.1) is 5.92 Å². The minimum absolute atomic E-state index is 0.0659. The Hall–Kier alpha value is -3.39. The summed E-state index contributed by atoms with van der Waals surface area (Å²) in [5.41, 5.74) is 4.49. The predicted molar refractivity (Wildman–Crippen MR) is 125 cm³/mol. The number of methoxy groups -OCH3 is 1. The summed E-state index contributed by atoms with van der Waals surface area (Å²) >= 11 is 0. The first kappa shape index (κ1) is 23.8. The van der Waals surface area contributed by atoms with Crippen molar-refractivity contribution in [2.45, 2.75) is 50.3 Å². The van der Waals surface area contributed by atoms with Crippen LogP contribution in [-0.2, 0) is 19.1 Å². The third-order valence-electron chi connectivity index (χ3n) is 6.79. The van der Waals surface area contributed by atoms with Crippen LogP contribution < -0.4 is 10.6 Å². The van der Waals surface area contributed by atoms with Crippen molar-refractivity contribution in [1.29, 1.82) is 0 Å². The van der Waals surface area contributed by atoms with E-state index < -0.39 is 24.2 Å². The molecule has 2 aliphatic carbocycles. The highest BCUT2D eigenvalue weighted by Gasteiger charge is 2.36. The zero-order chi connectivity index (χ0) is 24.2. The number of carboxylic acids is 1. The van der Waals surface area contributed by atoms with E-state index in [1.807, 2.05) is 36.4 Å². The Bertz CT molecular complexity index is 1020. The molecule has 0 aromatic heterocycles. The quantitative estimate of drug-likeness (QED) is 0.523. The molecule has 2 aromatic carbocycles. The summed E-state index contributed by atoms with van der Waals surface area (Å²) in [6.07, 6.45) is 0.0507. The van der Waals surface area contributed by atoms with Crippen molar-refractivity contribution in [2.24, 2.45) is 5.92 Å². The van der Waals surface area contributed by atoms with Crippen LogP contribution in [0.2, 0.25) is 0 Å². The minimum atomic E-state index is -0.931. The Morgan fingerprint density at radius 2 is 1.62 bits per heavy atom. The lowest BCUT2D eigenvalue weighted by molar-refractivity contribution is -0.139. The van der Waals surface area contributed by atoms with Gasteiger partial charge in [0.25, 0.3) is 0 Å². The Morgan fingerprint density at radius 3 is 2.18 bits per heavy atom. The average Bonchev–Trinajstić information content (AvgIpc) is 3.12. The standard InChI is InChI=1S/C26H30N2O6/c1-15(33-2)24(25(31)27-17-11-16(12-17)13-23(29)30)28-26(32)34-14-22-20-9-5-3-7-18(20)19-8-4-6-10-21(19)22/h3-10,15-17,22,24H,11-14H2,1-2H3,(H,27,31)(H,28,32)(H,29,30). The second kappa shape index (κ2) is 10.3. The molecule has 0 bridgehead atoms. The molecule has 0 saturated heterocycles. The summed E-state index contributed by atoms with van der Waals surface area (Å²) in [5, 5.41) is 14.4. The first-order valence-electron chi connectivity index (χ1n) is 11.5. The normalized spacial score (nSPS) is 20.3. The van der Waals surface area contributed by atoms with Gasteiger partial charge in [-0.05, 0) is 47.9 Å². The van der Waals surface area contributed by atoms with Crippen molar-refractivity contribution in [3.8, 4) is 11.1 Å². The van der Waals surface area contributed by atoms with E-state index >= 15 is 0 Å². The molecule has 0 heterocycles. The molecule has 1 fully saturated rings. The fraction of sp³-hybridized carbons (Fsp3) is 0.423. The van der Waals surface area contributed by atoms with E-state index in [2.05, 4.69) is 22.8 Å². The molecule has 2 aliphatic rings. The smallest absolute Gasteiger partial charge is 0.407 e. The maximum Gasteiger partial charge on any atom is 0.407 e. The number of amides is 2. The number of nitrogens with one attached hydrogen (secondary N) is 2. The molecule has 34 heavy (non-hydrogen) atoms. The van der Waals surface area contributed by atoms with E-state index in [1.165, 1.54) is 7.11 Å². The third-order valence-corrected chi connectivity index (χ3v) is 6.79. The van der Waals surface area contributed by atoms with E-state index in [-0.39, 0.29) is 36.8 Å². The number of hydrogen-bond donors (Lipinski definition) is 3. The molecule has 8 nitrogen and oxygen atoms in total. The molecule has 0 spiro atoms. The highest BCUT2D eigenvalue weighted by Crippen LogP contribution is 2.44. The molecule has 3 N–H and O–H groups in total. The second-order valence-electron chi connectivity index (χ2n) is 9.03. The van der Waals surface area contributed by atoms with Crippen LogP contribution in [0.1, 0.15) is 43.2 Å². The summed E-state index contributed by atoms with van der Waals surface area (Å²) in [6.45, 7) is 1.84. The van der Waals surface area contributed by atoms with Crippen molar-refractivity contribution < 1.29 is 29.0 Å². The number of ether oxygens (including phenoxy) is 2. The summed E-state index contributed by atoms with van der Waals surface area (Å²) in [5.74, 6) is -1.22. The summed E-state index contributed by atoms with van der Waals surface area (Å²) in [6, 6.07) is 15.1. The van der Waals surface area contributed by atoms with Crippen LogP contribution in [0.25, 0.3) is 11.1 Å². The molecule has 2 amide bonds. The van der Waals surface area contributed by atoms with Crippen molar-refractivity contribution >= 4 is 18.0 Å². The van der Waals surface area contributed by atoms with Gasteiger partial charge >= 0.3 is 12.1 Å². The van der Waals surface area contributed by atoms with Gasteiger partial charge in [0.2, 0.25) is 5.91 Å². The van der Waals surface area contributed by atoms with Gasteiger partial charge in [-0.2, -0.15) is 0 Å².